The van der Waals surface area contributed by atoms with Gasteiger partial charge in [0.1, 0.15) is 6.04 Å². The van der Waals surface area contributed by atoms with Crippen LogP contribution in [-0.4, -0.2) is 46.8 Å². The van der Waals surface area contributed by atoms with Gasteiger partial charge in [-0.25, -0.2) is 0 Å². The Morgan fingerprint density at radius 2 is 2.00 bits per heavy atom. The van der Waals surface area contributed by atoms with E-state index in [2.05, 4.69) is 0 Å². The molecule has 2 N–H and O–H groups in total. The van der Waals surface area contributed by atoms with E-state index in [4.69, 9.17) is 10.2 Å². The van der Waals surface area contributed by atoms with Gasteiger partial charge in [0.05, 0.1) is 6.10 Å². The van der Waals surface area contributed by atoms with Crippen molar-refractivity contribution in [3.05, 3.63) is 0 Å². The van der Waals surface area contributed by atoms with Crippen molar-refractivity contribution < 1.29 is 15.0 Å². The van der Waals surface area contributed by atoms with Crippen LogP contribution in [0.2, 0.25) is 0 Å². The summed E-state index contributed by atoms with van der Waals surface area (Å²) in [6.07, 6.45) is -0.484. The molecule has 0 saturated heterocycles. The van der Waals surface area contributed by atoms with Crippen LogP contribution in [0, 0.1) is 0 Å². The highest BCUT2D eigenvalue weighted by molar-refractivity contribution is 5.72. The molecule has 0 bridgehead atoms. The van der Waals surface area contributed by atoms with E-state index >= 15 is 0 Å². The molecule has 2 atom stereocenters. The summed E-state index contributed by atoms with van der Waals surface area (Å²) in [5.41, 5.74) is 0. The number of rotatable bonds is 4. The summed E-state index contributed by atoms with van der Waals surface area (Å²) in [5.74, 6) is -0.867. The number of carboxylic acid groups (broad SMARTS) is 1. The van der Waals surface area contributed by atoms with Crippen molar-refractivity contribution in [3.63, 3.8) is 0 Å². The van der Waals surface area contributed by atoms with Gasteiger partial charge in [0.2, 0.25) is 0 Å². The molecule has 0 aromatic carbocycles. The number of carbonyl (C=O) groups is 1. The average Bonchev–Trinajstić information content (AvgIpc) is 1.84. The second-order valence-corrected chi connectivity index (χ2v) is 2.80. The Labute approximate surface area is 66.4 Å². The Kier molecular flexibility index (Phi) is 4.07. The van der Waals surface area contributed by atoms with Gasteiger partial charge in [0.25, 0.3) is 0 Å². The third-order valence-electron chi connectivity index (χ3n) is 1.57. The van der Waals surface area contributed by atoms with Crippen LogP contribution in [-0.2, 0) is 4.79 Å². The number of hydrogen-bond donors (Lipinski definition) is 2. The van der Waals surface area contributed by atoms with E-state index in [1.54, 1.807) is 25.8 Å². The molecule has 0 saturated carbocycles. The molecule has 0 aliphatic heterocycles. The molecule has 2 unspecified atom stereocenters. The van der Waals surface area contributed by atoms with Gasteiger partial charge >= 0.3 is 5.97 Å². The number of likely N-dealkylation sites (N-methyl/N-ethyl adjacent to an activating group) is 1. The van der Waals surface area contributed by atoms with Crippen LogP contribution in [0.25, 0.3) is 0 Å². The topological polar surface area (TPSA) is 60.8 Å². The number of aliphatic hydroxyl groups excluding tert-OH is 1. The fourth-order valence-corrected chi connectivity index (χ4v) is 0.763. The first kappa shape index (κ1) is 10.4. The molecule has 4 nitrogen and oxygen atoms in total. The molecule has 0 rings (SSSR count). The minimum absolute atomic E-state index is 0.382. The van der Waals surface area contributed by atoms with Crippen LogP contribution in [0.3, 0.4) is 0 Å². The predicted octanol–water partition coefficient (Wildman–Crippen LogP) is -0.228. The lowest BCUT2D eigenvalue weighted by molar-refractivity contribution is -0.142. The van der Waals surface area contributed by atoms with Crippen LogP contribution in [0.5, 0.6) is 0 Å². The summed E-state index contributed by atoms with van der Waals surface area (Å²) in [7, 11) is 1.67. The SMILES string of the molecule is CC(O)CN(C)C(C)C(=O)O. The van der Waals surface area contributed by atoms with Gasteiger partial charge < -0.3 is 10.2 Å². The fourth-order valence-electron chi connectivity index (χ4n) is 0.763. The van der Waals surface area contributed by atoms with Crippen LogP contribution >= 0.6 is 0 Å². The molecule has 0 aromatic rings. The van der Waals surface area contributed by atoms with Gasteiger partial charge in [-0.15, -0.1) is 0 Å². The first-order valence-electron chi connectivity index (χ1n) is 3.56. The molecule has 0 amide bonds. The quantitative estimate of drug-likeness (QED) is 0.598. The molecule has 0 heterocycles. The maximum Gasteiger partial charge on any atom is 0.320 e. The monoisotopic (exact) mass is 161 g/mol. The molecule has 0 fully saturated rings. The predicted molar refractivity (Wildman–Crippen MR) is 41.4 cm³/mol. The summed E-state index contributed by atoms with van der Waals surface area (Å²) in [6, 6.07) is -0.537. The number of aliphatic carboxylic acids is 1. The van der Waals surface area contributed by atoms with E-state index in [1.165, 1.54) is 0 Å². The highest BCUT2D eigenvalue weighted by Crippen LogP contribution is 1.96. The normalized spacial score (nSPS) is 16.5. The van der Waals surface area contributed by atoms with Crippen LogP contribution < -0.4 is 0 Å². The van der Waals surface area contributed by atoms with Crippen LogP contribution in [0.4, 0.5) is 0 Å². The number of carboxylic acids is 1. The van der Waals surface area contributed by atoms with Gasteiger partial charge in [0.15, 0.2) is 0 Å². The Hall–Kier alpha value is -0.610. The molecule has 0 aromatic heterocycles. The highest BCUT2D eigenvalue weighted by Gasteiger charge is 2.17. The first-order valence-corrected chi connectivity index (χ1v) is 3.56. The second-order valence-electron chi connectivity index (χ2n) is 2.80. The third-order valence-corrected chi connectivity index (χ3v) is 1.57. The van der Waals surface area contributed by atoms with Gasteiger partial charge in [-0.2, -0.15) is 0 Å². The van der Waals surface area contributed by atoms with Crippen LogP contribution in [0.15, 0.2) is 0 Å². The lowest BCUT2D eigenvalue weighted by Gasteiger charge is -2.21. The van der Waals surface area contributed by atoms with Crippen molar-refractivity contribution in [1.29, 1.82) is 0 Å². The van der Waals surface area contributed by atoms with Crippen molar-refractivity contribution >= 4 is 5.97 Å². The Morgan fingerprint density at radius 1 is 1.55 bits per heavy atom. The van der Waals surface area contributed by atoms with Crippen molar-refractivity contribution in [2.75, 3.05) is 13.6 Å². The van der Waals surface area contributed by atoms with E-state index in [1.807, 2.05) is 0 Å². The summed E-state index contributed by atoms with van der Waals surface area (Å²) in [6.45, 7) is 3.60. The average molecular weight is 161 g/mol. The minimum Gasteiger partial charge on any atom is -0.480 e. The molecule has 4 heteroatoms. The zero-order valence-electron chi connectivity index (χ0n) is 7.11. The number of hydrogen-bond acceptors (Lipinski definition) is 3. The minimum atomic E-state index is -0.867. The summed E-state index contributed by atoms with van der Waals surface area (Å²) >= 11 is 0. The largest absolute Gasteiger partial charge is 0.480 e. The zero-order valence-corrected chi connectivity index (χ0v) is 7.11. The first-order chi connectivity index (χ1) is 4.95. The van der Waals surface area contributed by atoms with Gasteiger partial charge in [-0.3, -0.25) is 9.69 Å². The summed E-state index contributed by atoms with van der Waals surface area (Å²) in [5, 5.41) is 17.5. The van der Waals surface area contributed by atoms with Gasteiger partial charge in [0, 0.05) is 6.54 Å². The standard InChI is InChI=1S/C7H15NO3/c1-5(9)4-8(3)6(2)7(10)11/h5-6,9H,4H2,1-3H3,(H,10,11). The lowest BCUT2D eigenvalue weighted by atomic mass is 10.3. The third kappa shape index (κ3) is 3.95. The molecular formula is C7H15NO3. The van der Waals surface area contributed by atoms with E-state index in [0.717, 1.165) is 0 Å². The van der Waals surface area contributed by atoms with E-state index < -0.39 is 18.1 Å². The van der Waals surface area contributed by atoms with Crippen LogP contribution in [0.1, 0.15) is 13.8 Å². The molecule has 66 valence electrons. The van der Waals surface area contributed by atoms with Crippen molar-refractivity contribution in [2.45, 2.75) is 26.0 Å². The Bertz CT molecular complexity index is 136. The molecule has 0 aliphatic carbocycles. The zero-order chi connectivity index (χ0) is 9.02. The molecule has 11 heavy (non-hydrogen) atoms. The molecule has 0 radical (unpaired) electrons. The maximum absolute atomic E-state index is 10.4. The Morgan fingerprint density at radius 3 is 2.27 bits per heavy atom. The van der Waals surface area contributed by atoms with E-state index in [9.17, 15) is 4.79 Å². The van der Waals surface area contributed by atoms with Gasteiger partial charge in [-0.1, -0.05) is 0 Å². The molecular weight excluding hydrogens is 146 g/mol. The second kappa shape index (κ2) is 4.31. The van der Waals surface area contributed by atoms with E-state index in [-0.39, 0.29) is 0 Å². The van der Waals surface area contributed by atoms with Crippen molar-refractivity contribution in [1.82, 2.24) is 4.90 Å². The summed E-state index contributed by atoms with van der Waals surface area (Å²) < 4.78 is 0. The number of aliphatic hydroxyl groups is 1. The molecule has 0 spiro atoms. The smallest absolute Gasteiger partial charge is 0.320 e. The van der Waals surface area contributed by atoms with Crippen molar-refractivity contribution in [2.24, 2.45) is 0 Å². The number of nitrogens with zero attached hydrogens (tertiary/aromatic N) is 1. The summed E-state index contributed by atoms with van der Waals surface area (Å²) in [4.78, 5) is 12.0. The fraction of sp³-hybridized carbons (Fsp3) is 0.857. The molecule has 0 aliphatic rings. The van der Waals surface area contributed by atoms with Crippen molar-refractivity contribution in [3.8, 4) is 0 Å². The lowest BCUT2D eigenvalue weighted by Crippen LogP contribution is -2.39. The van der Waals surface area contributed by atoms with E-state index in [0.29, 0.717) is 6.54 Å². The highest BCUT2D eigenvalue weighted by atomic mass is 16.4. The maximum atomic E-state index is 10.4. The Balaban J connectivity index is 3.82. The van der Waals surface area contributed by atoms with Gasteiger partial charge in [-0.05, 0) is 20.9 Å².